The van der Waals surface area contributed by atoms with Crippen LogP contribution in [0.1, 0.15) is 37.7 Å². The first-order chi connectivity index (χ1) is 9.56. The lowest BCUT2D eigenvalue weighted by molar-refractivity contribution is -0.385. The lowest BCUT2D eigenvalue weighted by Crippen LogP contribution is -2.12. The molecule has 1 aromatic carbocycles. The highest BCUT2D eigenvalue weighted by molar-refractivity contribution is 5.92. The van der Waals surface area contributed by atoms with Crippen molar-refractivity contribution in [1.82, 2.24) is 0 Å². The van der Waals surface area contributed by atoms with E-state index in [9.17, 15) is 14.9 Å². The Labute approximate surface area is 118 Å². The van der Waals surface area contributed by atoms with Crippen LogP contribution in [0.15, 0.2) is 18.2 Å². The largest absolute Gasteiger partial charge is 0.330 e. The molecule has 1 amide bonds. The van der Waals surface area contributed by atoms with Gasteiger partial charge in [0.2, 0.25) is 5.91 Å². The number of rotatable bonds is 8. The number of nitro benzene ring substituents is 1. The monoisotopic (exact) mass is 279 g/mol. The average Bonchev–Trinajstić information content (AvgIpc) is 2.40. The van der Waals surface area contributed by atoms with Gasteiger partial charge in [-0.15, -0.1) is 0 Å². The van der Waals surface area contributed by atoms with Crippen LogP contribution < -0.4 is 11.1 Å². The third kappa shape index (κ3) is 4.97. The first kappa shape index (κ1) is 16.1. The lowest BCUT2D eigenvalue weighted by Gasteiger charge is -2.08. The first-order valence-electron chi connectivity index (χ1n) is 6.80. The summed E-state index contributed by atoms with van der Waals surface area (Å²) < 4.78 is 0. The van der Waals surface area contributed by atoms with E-state index in [1.807, 2.05) is 0 Å². The van der Waals surface area contributed by atoms with Gasteiger partial charge in [-0.2, -0.15) is 0 Å². The number of carbonyl (C=O) groups is 1. The molecule has 0 spiro atoms. The molecule has 0 radical (unpaired) electrons. The van der Waals surface area contributed by atoms with E-state index in [1.54, 1.807) is 19.1 Å². The molecule has 0 aromatic heterocycles. The van der Waals surface area contributed by atoms with E-state index < -0.39 is 4.92 Å². The molecule has 6 heteroatoms. The van der Waals surface area contributed by atoms with Crippen LogP contribution in [-0.4, -0.2) is 17.4 Å². The molecule has 0 heterocycles. The van der Waals surface area contributed by atoms with Gasteiger partial charge in [0.05, 0.1) is 16.2 Å². The van der Waals surface area contributed by atoms with Gasteiger partial charge in [-0.3, -0.25) is 14.9 Å². The number of nitrogens with two attached hydrogens (primary N) is 1. The molecule has 0 saturated heterocycles. The molecule has 1 aromatic rings. The van der Waals surface area contributed by atoms with Crippen molar-refractivity contribution in [2.24, 2.45) is 5.73 Å². The predicted molar refractivity (Wildman–Crippen MR) is 78.6 cm³/mol. The van der Waals surface area contributed by atoms with Gasteiger partial charge >= 0.3 is 0 Å². The Hall–Kier alpha value is -1.95. The zero-order chi connectivity index (χ0) is 15.0. The van der Waals surface area contributed by atoms with Crippen molar-refractivity contribution < 1.29 is 9.72 Å². The fourth-order valence-electron chi connectivity index (χ4n) is 1.95. The van der Waals surface area contributed by atoms with Crippen molar-refractivity contribution in [1.29, 1.82) is 0 Å². The van der Waals surface area contributed by atoms with Gasteiger partial charge in [-0.05, 0) is 32.4 Å². The molecule has 0 fully saturated rings. The normalized spacial score (nSPS) is 10.3. The number of amides is 1. The molecule has 0 atom stereocenters. The highest BCUT2D eigenvalue weighted by Crippen LogP contribution is 2.25. The molecule has 0 bridgehead atoms. The molecule has 3 N–H and O–H groups in total. The van der Waals surface area contributed by atoms with E-state index in [0.717, 1.165) is 25.7 Å². The number of carbonyl (C=O) groups excluding carboxylic acids is 1. The van der Waals surface area contributed by atoms with E-state index >= 15 is 0 Å². The third-order valence-electron chi connectivity index (χ3n) is 3.13. The number of unbranched alkanes of at least 4 members (excludes halogenated alkanes) is 3. The molecule has 0 aliphatic rings. The van der Waals surface area contributed by atoms with Crippen LogP contribution in [0.3, 0.4) is 0 Å². The minimum absolute atomic E-state index is 0.0192. The molecular formula is C14H21N3O3. The van der Waals surface area contributed by atoms with Crippen molar-refractivity contribution in [2.75, 3.05) is 11.9 Å². The van der Waals surface area contributed by atoms with E-state index in [4.69, 9.17) is 5.73 Å². The number of anilines is 1. The summed E-state index contributed by atoms with van der Waals surface area (Å²) in [5.74, 6) is -0.110. The Morgan fingerprint density at radius 1 is 1.30 bits per heavy atom. The second kappa shape index (κ2) is 8.27. The van der Waals surface area contributed by atoms with Gasteiger partial charge in [0.1, 0.15) is 0 Å². The molecule has 0 unspecified atom stereocenters. The van der Waals surface area contributed by atoms with Crippen molar-refractivity contribution in [3.63, 3.8) is 0 Å². The molecule has 0 aliphatic heterocycles. The summed E-state index contributed by atoms with van der Waals surface area (Å²) in [5, 5.41) is 13.5. The molecule has 6 nitrogen and oxygen atoms in total. The van der Waals surface area contributed by atoms with Crippen molar-refractivity contribution >= 4 is 17.3 Å². The van der Waals surface area contributed by atoms with Gasteiger partial charge in [0, 0.05) is 12.5 Å². The number of nitro groups is 1. The number of nitrogens with zero attached hydrogens (tertiary/aromatic N) is 1. The summed E-state index contributed by atoms with van der Waals surface area (Å²) in [4.78, 5) is 22.1. The minimum Gasteiger partial charge on any atom is -0.330 e. The number of benzene rings is 1. The van der Waals surface area contributed by atoms with Gasteiger partial charge in [-0.1, -0.05) is 18.9 Å². The van der Waals surface area contributed by atoms with E-state index in [0.29, 0.717) is 24.2 Å². The maximum Gasteiger partial charge on any atom is 0.274 e. The quantitative estimate of drug-likeness (QED) is 0.434. The minimum atomic E-state index is -0.447. The van der Waals surface area contributed by atoms with Gasteiger partial charge in [0.15, 0.2) is 0 Å². The fraction of sp³-hybridized carbons (Fsp3) is 0.500. The Morgan fingerprint density at radius 3 is 2.65 bits per heavy atom. The highest BCUT2D eigenvalue weighted by atomic mass is 16.6. The van der Waals surface area contributed by atoms with Crippen LogP contribution in [0.5, 0.6) is 0 Å². The molecule has 0 saturated carbocycles. The Bertz CT molecular complexity index is 475. The topological polar surface area (TPSA) is 98.3 Å². The number of hydrogen-bond acceptors (Lipinski definition) is 4. The van der Waals surface area contributed by atoms with Crippen molar-refractivity contribution in [3.8, 4) is 0 Å². The van der Waals surface area contributed by atoms with E-state index in [1.165, 1.54) is 6.07 Å². The summed E-state index contributed by atoms with van der Waals surface area (Å²) in [6, 6.07) is 4.68. The van der Waals surface area contributed by atoms with E-state index in [2.05, 4.69) is 5.32 Å². The van der Waals surface area contributed by atoms with Crippen molar-refractivity contribution in [2.45, 2.75) is 39.0 Å². The van der Waals surface area contributed by atoms with Gasteiger partial charge in [-0.25, -0.2) is 0 Å². The zero-order valence-corrected chi connectivity index (χ0v) is 11.7. The van der Waals surface area contributed by atoms with Crippen LogP contribution in [0, 0.1) is 17.0 Å². The van der Waals surface area contributed by atoms with Crippen LogP contribution in [0.4, 0.5) is 11.4 Å². The third-order valence-corrected chi connectivity index (χ3v) is 3.13. The SMILES string of the molecule is Cc1c(NC(=O)CCCCCCN)cccc1[N+](=O)[O-]. The maximum absolute atomic E-state index is 11.8. The molecule has 1 rings (SSSR count). The van der Waals surface area contributed by atoms with Crippen LogP contribution in [0.2, 0.25) is 0 Å². The van der Waals surface area contributed by atoms with Crippen LogP contribution in [-0.2, 0) is 4.79 Å². The summed E-state index contributed by atoms with van der Waals surface area (Å²) in [5.41, 5.74) is 6.40. The molecule has 110 valence electrons. The lowest BCUT2D eigenvalue weighted by atomic mass is 10.1. The van der Waals surface area contributed by atoms with Crippen LogP contribution >= 0.6 is 0 Å². The summed E-state index contributed by atoms with van der Waals surface area (Å²) in [7, 11) is 0. The summed E-state index contributed by atoms with van der Waals surface area (Å²) in [6.45, 7) is 2.31. The van der Waals surface area contributed by atoms with Gasteiger partial charge in [0.25, 0.3) is 5.69 Å². The molecule has 0 aliphatic carbocycles. The van der Waals surface area contributed by atoms with Crippen molar-refractivity contribution in [3.05, 3.63) is 33.9 Å². The second-order valence-electron chi connectivity index (χ2n) is 4.71. The van der Waals surface area contributed by atoms with E-state index in [-0.39, 0.29) is 11.6 Å². The Morgan fingerprint density at radius 2 is 2.00 bits per heavy atom. The molecular weight excluding hydrogens is 258 g/mol. The summed E-state index contributed by atoms with van der Waals surface area (Å²) in [6.07, 6.45) is 4.20. The average molecular weight is 279 g/mol. The maximum atomic E-state index is 11.8. The number of nitrogens with one attached hydrogen (secondary N) is 1. The Kier molecular flexibility index (Phi) is 6.66. The Balaban J connectivity index is 2.50. The highest BCUT2D eigenvalue weighted by Gasteiger charge is 2.14. The summed E-state index contributed by atoms with van der Waals surface area (Å²) >= 11 is 0. The number of hydrogen-bond donors (Lipinski definition) is 2. The zero-order valence-electron chi connectivity index (χ0n) is 11.7. The standard InChI is InChI=1S/C14H21N3O3/c1-11-12(7-6-8-13(11)17(19)20)16-14(18)9-4-2-3-5-10-15/h6-8H,2-5,9-10,15H2,1H3,(H,16,18). The predicted octanol–water partition coefficient (Wildman–Crippen LogP) is 2.75. The second-order valence-corrected chi connectivity index (χ2v) is 4.71. The first-order valence-corrected chi connectivity index (χ1v) is 6.80. The molecule has 20 heavy (non-hydrogen) atoms. The van der Waals surface area contributed by atoms with Gasteiger partial charge < -0.3 is 11.1 Å². The van der Waals surface area contributed by atoms with Crippen LogP contribution in [0.25, 0.3) is 0 Å². The smallest absolute Gasteiger partial charge is 0.274 e. The fourth-order valence-corrected chi connectivity index (χ4v) is 1.95.